The lowest BCUT2D eigenvalue weighted by Crippen LogP contribution is -2.13. The highest BCUT2D eigenvalue weighted by Crippen LogP contribution is 2.08. The van der Waals surface area contributed by atoms with E-state index in [0.717, 1.165) is 11.1 Å². The molecule has 0 fully saturated rings. The van der Waals surface area contributed by atoms with Gasteiger partial charge in [0, 0.05) is 25.0 Å². The van der Waals surface area contributed by atoms with Gasteiger partial charge in [-0.25, -0.2) is 0 Å². The molecule has 0 radical (unpaired) electrons. The number of benzene rings is 2. The van der Waals surface area contributed by atoms with Gasteiger partial charge in [0.15, 0.2) is 5.78 Å². The third-order valence-electron chi connectivity index (χ3n) is 3.51. The van der Waals surface area contributed by atoms with Gasteiger partial charge in [-0.2, -0.15) is 0 Å². The summed E-state index contributed by atoms with van der Waals surface area (Å²) in [6, 6.07) is 18.6. The minimum atomic E-state index is -0.318. The molecule has 0 unspecified atom stereocenters. The zero-order valence-electron chi connectivity index (χ0n) is 17.4. The van der Waals surface area contributed by atoms with Crippen molar-refractivity contribution < 1.29 is 33.3 Å². The average molecular weight is 416 g/mol. The zero-order chi connectivity index (χ0) is 22.0. The summed E-state index contributed by atoms with van der Waals surface area (Å²) < 4.78 is 19.5. The number of ether oxygens (including phenoxy) is 4. The molecule has 0 aliphatic carbocycles. The van der Waals surface area contributed by atoms with Crippen molar-refractivity contribution in [3.05, 3.63) is 71.8 Å². The van der Waals surface area contributed by atoms with E-state index in [1.54, 1.807) is 0 Å². The Morgan fingerprint density at radius 2 is 0.900 bits per heavy atom. The van der Waals surface area contributed by atoms with Gasteiger partial charge in [0.05, 0.1) is 26.4 Å². The fraction of sp³-hybridized carbons (Fsp3) is 0.348. The van der Waals surface area contributed by atoms with Gasteiger partial charge in [0.1, 0.15) is 13.2 Å². The lowest BCUT2D eigenvalue weighted by molar-refractivity contribution is -0.144. The molecule has 2 rings (SSSR count). The van der Waals surface area contributed by atoms with E-state index >= 15 is 0 Å². The van der Waals surface area contributed by atoms with Gasteiger partial charge in [0.25, 0.3) is 0 Å². The fourth-order valence-corrected chi connectivity index (χ4v) is 2.16. The molecular formula is C23H28O7. The summed E-state index contributed by atoms with van der Waals surface area (Å²) in [5.74, 6) is -0.561. The molecule has 0 N–H and O–H groups in total. The van der Waals surface area contributed by atoms with Crippen LogP contribution in [0, 0.1) is 0 Å². The van der Waals surface area contributed by atoms with Gasteiger partial charge in [-0.1, -0.05) is 60.7 Å². The van der Waals surface area contributed by atoms with Crippen LogP contribution in [0.2, 0.25) is 0 Å². The summed E-state index contributed by atoms with van der Waals surface area (Å²) in [4.78, 5) is 32.6. The smallest absolute Gasteiger partial charge is 0.302 e. The van der Waals surface area contributed by atoms with E-state index in [-0.39, 0.29) is 30.9 Å². The van der Waals surface area contributed by atoms with E-state index in [9.17, 15) is 14.4 Å². The van der Waals surface area contributed by atoms with E-state index in [1.807, 2.05) is 60.7 Å². The molecule has 0 aliphatic heterocycles. The normalized spacial score (nSPS) is 9.80. The lowest BCUT2D eigenvalue weighted by atomic mass is 10.0. The van der Waals surface area contributed by atoms with Crippen molar-refractivity contribution in [2.75, 3.05) is 39.6 Å². The number of hydrogen-bond donors (Lipinski definition) is 0. The number of carbonyl (C=O) groups is 3. The van der Waals surface area contributed by atoms with Crippen molar-refractivity contribution in [2.45, 2.75) is 13.8 Å². The van der Waals surface area contributed by atoms with Crippen molar-refractivity contribution in [1.82, 2.24) is 0 Å². The van der Waals surface area contributed by atoms with Crippen LogP contribution in [0.3, 0.4) is 0 Å². The largest absolute Gasteiger partial charge is 0.463 e. The van der Waals surface area contributed by atoms with Gasteiger partial charge in [-0.05, 0) is 0 Å². The molecule has 2 aromatic carbocycles. The molecule has 162 valence electrons. The van der Waals surface area contributed by atoms with Gasteiger partial charge in [-0.15, -0.1) is 0 Å². The minimum absolute atomic E-state index is 0.0752. The van der Waals surface area contributed by atoms with Crippen LogP contribution >= 0.6 is 0 Å². The zero-order valence-corrected chi connectivity index (χ0v) is 17.4. The topological polar surface area (TPSA) is 88.1 Å². The minimum Gasteiger partial charge on any atom is -0.463 e. The summed E-state index contributed by atoms with van der Waals surface area (Å²) in [6.07, 6.45) is 0. The number of rotatable bonds is 11. The van der Waals surface area contributed by atoms with Gasteiger partial charge >= 0.3 is 11.9 Å². The van der Waals surface area contributed by atoms with Gasteiger partial charge in [-0.3, -0.25) is 14.4 Å². The van der Waals surface area contributed by atoms with Crippen LogP contribution in [0.4, 0.5) is 0 Å². The molecule has 0 aliphatic rings. The van der Waals surface area contributed by atoms with E-state index in [4.69, 9.17) is 9.47 Å². The number of carbonyl (C=O) groups excluding carboxylic acids is 3. The third-order valence-corrected chi connectivity index (χ3v) is 3.51. The molecule has 0 aromatic heterocycles. The molecule has 0 amide bonds. The van der Waals surface area contributed by atoms with Crippen LogP contribution in [0.15, 0.2) is 60.7 Å². The first-order valence-electron chi connectivity index (χ1n) is 9.57. The molecular weight excluding hydrogens is 388 g/mol. The van der Waals surface area contributed by atoms with Crippen LogP contribution < -0.4 is 0 Å². The quantitative estimate of drug-likeness (QED) is 0.316. The number of hydrogen-bond acceptors (Lipinski definition) is 7. The highest BCUT2D eigenvalue weighted by molar-refractivity contribution is 6.08. The SMILES string of the molecule is CC(=O)OCCOCCOCCOC(C)=O.O=C(c1ccccc1)c1ccccc1. The van der Waals surface area contributed by atoms with E-state index in [2.05, 4.69) is 9.47 Å². The van der Waals surface area contributed by atoms with Crippen molar-refractivity contribution >= 4 is 17.7 Å². The predicted molar refractivity (Wildman–Crippen MR) is 111 cm³/mol. The van der Waals surface area contributed by atoms with Gasteiger partial charge < -0.3 is 18.9 Å². The van der Waals surface area contributed by atoms with Crippen molar-refractivity contribution in [1.29, 1.82) is 0 Å². The van der Waals surface area contributed by atoms with Crippen LogP contribution in [0.25, 0.3) is 0 Å². The van der Waals surface area contributed by atoms with E-state index in [0.29, 0.717) is 26.4 Å². The Morgan fingerprint density at radius 1 is 0.567 bits per heavy atom. The maximum absolute atomic E-state index is 11.8. The van der Waals surface area contributed by atoms with Crippen LogP contribution in [-0.2, 0) is 28.5 Å². The van der Waals surface area contributed by atoms with Crippen molar-refractivity contribution in [3.8, 4) is 0 Å². The summed E-state index contributed by atoms with van der Waals surface area (Å²) in [5.41, 5.74) is 1.47. The van der Waals surface area contributed by atoms with Crippen molar-refractivity contribution in [2.24, 2.45) is 0 Å². The maximum Gasteiger partial charge on any atom is 0.302 e. The molecule has 0 heterocycles. The highest BCUT2D eigenvalue weighted by atomic mass is 16.6. The molecule has 0 saturated carbocycles. The second-order valence-electron chi connectivity index (χ2n) is 5.97. The molecule has 7 nitrogen and oxygen atoms in total. The van der Waals surface area contributed by atoms with E-state index in [1.165, 1.54) is 13.8 Å². The Labute approximate surface area is 176 Å². The molecule has 0 saturated heterocycles. The highest BCUT2D eigenvalue weighted by Gasteiger charge is 2.06. The summed E-state index contributed by atoms with van der Waals surface area (Å²) in [5, 5.41) is 0. The predicted octanol–water partition coefficient (Wildman–Crippen LogP) is 3.06. The van der Waals surface area contributed by atoms with Gasteiger partial charge in [0.2, 0.25) is 0 Å². The molecule has 2 aromatic rings. The second kappa shape index (κ2) is 15.8. The standard InChI is InChI=1S/C13H10O.C10H18O6/c14-13(11-7-3-1-4-8-11)12-9-5-2-6-10-12;1-9(11)15-7-5-13-3-4-14-6-8-16-10(2)12/h1-10H;3-8H2,1-2H3. The van der Waals surface area contributed by atoms with Crippen LogP contribution in [0.1, 0.15) is 29.8 Å². The Kier molecular flexibility index (Phi) is 13.2. The Morgan fingerprint density at radius 3 is 1.23 bits per heavy atom. The molecule has 30 heavy (non-hydrogen) atoms. The monoisotopic (exact) mass is 416 g/mol. The van der Waals surface area contributed by atoms with E-state index < -0.39 is 0 Å². The summed E-state index contributed by atoms with van der Waals surface area (Å²) >= 11 is 0. The number of esters is 2. The molecule has 0 bridgehead atoms. The lowest BCUT2D eigenvalue weighted by Gasteiger charge is -2.06. The number of ketones is 1. The maximum atomic E-state index is 11.8. The Balaban J connectivity index is 0.000000301. The summed E-state index contributed by atoms with van der Waals surface area (Å²) in [6.45, 7) is 4.74. The summed E-state index contributed by atoms with van der Waals surface area (Å²) in [7, 11) is 0. The first-order chi connectivity index (χ1) is 14.5. The first-order valence-corrected chi connectivity index (χ1v) is 9.57. The average Bonchev–Trinajstić information content (AvgIpc) is 2.76. The van der Waals surface area contributed by atoms with Crippen LogP contribution in [-0.4, -0.2) is 57.4 Å². The second-order valence-corrected chi connectivity index (χ2v) is 5.97. The molecule has 0 spiro atoms. The van der Waals surface area contributed by atoms with Crippen molar-refractivity contribution in [3.63, 3.8) is 0 Å². The fourth-order valence-electron chi connectivity index (χ4n) is 2.16. The third kappa shape index (κ3) is 12.4. The Hall–Kier alpha value is -3.03. The molecule has 7 heteroatoms. The van der Waals surface area contributed by atoms with Crippen LogP contribution in [0.5, 0.6) is 0 Å². The first kappa shape index (κ1) is 25.0. The molecule has 0 atom stereocenters. The Bertz CT molecular complexity index is 681.